The second-order valence-corrected chi connectivity index (χ2v) is 9.24. The molecule has 3 aromatic rings. The van der Waals surface area contributed by atoms with E-state index in [4.69, 9.17) is 0 Å². The zero-order valence-corrected chi connectivity index (χ0v) is 19.3. The monoisotopic (exact) mass is 463 g/mol. The first kappa shape index (κ1) is 22.3. The molecule has 1 radical (unpaired) electrons. The molecule has 4 rings (SSSR count). The van der Waals surface area contributed by atoms with E-state index < -0.39 is 8.80 Å². The van der Waals surface area contributed by atoms with E-state index in [1.165, 1.54) is 32.7 Å². The van der Waals surface area contributed by atoms with Gasteiger partial charge in [0.2, 0.25) is 0 Å². The van der Waals surface area contributed by atoms with Crippen LogP contribution in [0.4, 0.5) is 0 Å². The number of fused-ring (bicyclic) bond motifs is 2. The molecule has 25 heavy (non-hydrogen) atoms. The van der Waals surface area contributed by atoms with Gasteiger partial charge in [-0.25, -0.2) is 0 Å². The molecular formula is C20H19Cl2OSiZr. The fourth-order valence-electron chi connectivity index (χ4n) is 3.78. The SMILES string of the molecule is C[SiH](C)C1=C(O)C(c2c[cH-]c3ccccc23)c2ccccc21.[Cl-].[Cl-].[Zr+3]. The molecule has 0 aliphatic heterocycles. The fourth-order valence-corrected chi connectivity index (χ4v) is 5.43. The smallest absolute Gasteiger partial charge is 1.00 e. The largest absolute Gasteiger partial charge is 3.00 e. The Morgan fingerprint density at radius 1 is 0.920 bits per heavy atom. The second kappa shape index (κ2) is 8.77. The number of hydrogen-bond donors (Lipinski definition) is 1. The Morgan fingerprint density at radius 3 is 2.28 bits per heavy atom. The van der Waals surface area contributed by atoms with Crippen LogP contribution >= 0.6 is 0 Å². The molecule has 0 saturated carbocycles. The Kier molecular flexibility index (Phi) is 7.83. The van der Waals surface area contributed by atoms with Crippen molar-refractivity contribution < 1.29 is 56.1 Å². The summed E-state index contributed by atoms with van der Waals surface area (Å²) < 4.78 is 0. The average Bonchev–Trinajstić information content (AvgIpc) is 3.05. The minimum absolute atomic E-state index is 0. The maximum atomic E-state index is 11.0. The van der Waals surface area contributed by atoms with E-state index in [1.54, 1.807) is 0 Å². The van der Waals surface area contributed by atoms with Crippen LogP contribution in [0.25, 0.3) is 16.0 Å². The first-order valence-electron chi connectivity index (χ1n) is 7.85. The van der Waals surface area contributed by atoms with Crippen molar-refractivity contribution in [3.63, 3.8) is 0 Å². The molecule has 1 nitrogen and oxygen atoms in total. The number of halogens is 2. The van der Waals surface area contributed by atoms with Gasteiger partial charge in [-0.1, -0.05) is 43.4 Å². The van der Waals surface area contributed by atoms with E-state index in [-0.39, 0.29) is 56.9 Å². The van der Waals surface area contributed by atoms with Crippen molar-refractivity contribution in [3.8, 4) is 0 Å². The van der Waals surface area contributed by atoms with E-state index in [0.717, 1.165) is 0 Å². The quantitative estimate of drug-likeness (QED) is 0.381. The van der Waals surface area contributed by atoms with Crippen LogP contribution in [0.2, 0.25) is 13.1 Å². The van der Waals surface area contributed by atoms with Crippen LogP contribution in [0, 0.1) is 0 Å². The molecule has 5 heteroatoms. The molecule has 1 atom stereocenters. The van der Waals surface area contributed by atoms with Gasteiger partial charge in [0.1, 0.15) is 0 Å². The fraction of sp³-hybridized carbons (Fsp3) is 0.150. The predicted molar refractivity (Wildman–Crippen MR) is 96.3 cm³/mol. The maximum absolute atomic E-state index is 11.0. The average molecular weight is 466 g/mol. The normalized spacial score (nSPS) is 15.4. The van der Waals surface area contributed by atoms with Gasteiger partial charge in [-0.3, -0.25) is 0 Å². The van der Waals surface area contributed by atoms with Crippen molar-refractivity contribution in [2.24, 2.45) is 0 Å². The number of benzene rings is 2. The molecular weight excluding hydrogens is 446 g/mol. The number of allylic oxidation sites excluding steroid dienone is 1. The molecule has 0 saturated heterocycles. The molecule has 1 aliphatic rings. The van der Waals surface area contributed by atoms with Gasteiger partial charge in [0, 0.05) is 5.92 Å². The maximum Gasteiger partial charge on any atom is 3.00 e. The Labute approximate surface area is 182 Å². The third-order valence-electron chi connectivity index (χ3n) is 4.71. The van der Waals surface area contributed by atoms with E-state index in [2.05, 4.69) is 73.8 Å². The van der Waals surface area contributed by atoms with E-state index in [1.807, 2.05) is 0 Å². The summed E-state index contributed by atoms with van der Waals surface area (Å²) in [5.74, 6) is 0.584. The van der Waals surface area contributed by atoms with Gasteiger partial charge >= 0.3 is 26.2 Å². The molecule has 1 N–H and O–H groups in total. The van der Waals surface area contributed by atoms with Gasteiger partial charge in [0.05, 0.1) is 14.6 Å². The van der Waals surface area contributed by atoms with Crippen LogP contribution in [-0.2, 0) is 26.2 Å². The van der Waals surface area contributed by atoms with Crippen LogP contribution in [-0.4, -0.2) is 13.9 Å². The molecule has 0 aromatic heterocycles. The zero-order valence-electron chi connectivity index (χ0n) is 14.1. The minimum atomic E-state index is -1.09. The van der Waals surface area contributed by atoms with Crippen molar-refractivity contribution in [1.29, 1.82) is 0 Å². The minimum Gasteiger partial charge on any atom is -1.00 e. The summed E-state index contributed by atoms with van der Waals surface area (Å²) in [4.78, 5) is 0. The third-order valence-corrected chi connectivity index (χ3v) is 6.48. The first-order chi connectivity index (χ1) is 10.7. The third kappa shape index (κ3) is 3.57. The summed E-state index contributed by atoms with van der Waals surface area (Å²) in [5.41, 5.74) is 3.75. The van der Waals surface area contributed by atoms with Crippen molar-refractivity contribution >= 4 is 24.8 Å². The summed E-state index contributed by atoms with van der Waals surface area (Å²) >= 11 is 0. The van der Waals surface area contributed by atoms with Crippen molar-refractivity contribution in [2.75, 3.05) is 0 Å². The zero-order chi connectivity index (χ0) is 15.3. The first-order valence-corrected chi connectivity index (χ1v) is 10.7. The van der Waals surface area contributed by atoms with E-state index >= 15 is 0 Å². The van der Waals surface area contributed by atoms with Gasteiger partial charge in [0.15, 0.2) is 0 Å². The standard InChI is InChI=1S/C20H19OSi.2ClH.Zr/c1-22(2)20-17-10-6-5-9-15(17)18(19(20)21)16-12-11-13-7-3-4-8-14(13)16;;;/h3-12,18,21-22H,1-2H3;2*1H;/q-1;;;+3/p-2. The predicted octanol–water partition coefficient (Wildman–Crippen LogP) is -0.995. The van der Waals surface area contributed by atoms with Crippen LogP contribution in [0.15, 0.2) is 66.4 Å². The van der Waals surface area contributed by atoms with Crippen molar-refractivity contribution in [2.45, 2.75) is 19.0 Å². The number of aliphatic hydroxyl groups is 1. The Bertz CT molecular complexity index is 901. The summed E-state index contributed by atoms with van der Waals surface area (Å²) in [5, 5.41) is 14.7. The van der Waals surface area contributed by atoms with Gasteiger partial charge in [-0.05, 0) is 16.3 Å². The van der Waals surface area contributed by atoms with Gasteiger partial charge in [-0.2, -0.15) is 0 Å². The molecule has 0 fully saturated rings. The summed E-state index contributed by atoms with van der Waals surface area (Å²) in [6, 6.07) is 21.3. The summed E-state index contributed by atoms with van der Waals surface area (Å²) in [6.07, 6.45) is 0. The number of rotatable bonds is 2. The number of aliphatic hydroxyl groups excluding tert-OH is 1. The van der Waals surface area contributed by atoms with E-state index in [0.29, 0.717) is 5.76 Å². The Balaban J connectivity index is 0.00000104. The molecule has 0 spiro atoms. The molecule has 0 bridgehead atoms. The van der Waals surface area contributed by atoms with Crippen LogP contribution < -0.4 is 24.8 Å². The van der Waals surface area contributed by atoms with Crippen LogP contribution in [0.5, 0.6) is 0 Å². The summed E-state index contributed by atoms with van der Waals surface area (Å²) in [7, 11) is -1.09. The molecule has 3 aromatic carbocycles. The molecule has 0 amide bonds. The summed E-state index contributed by atoms with van der Waals surface area (Å²) in [6.45, 7) is 4.57. The van der Waals surface area contributed by atoms with Crippen LogP contribution in [0.1, 0.15) is 22.6 Å². The van der Waals surface area contributed by atoms with Gasteiger partial charge < -0.3 is 29.9 Å². The van der Waals surface area contributed by atoms with Gasteiger partial charge in [-0.15, -0.1) is 46.7 Å². The Morgan fingerprint density at radius 2 is 1.56 bits per heavy atom. The van der Waals surface area contributed by atoms with E-state index in [9.17, 15) is 5.11 Å². The molecule has 1 unspecified atom stereocenters. The van der Waals surface area contributed by atoms with Crippen molar-refractivity contribution in [1.82, 2.24) is 0 Å². The second-order valence-electron chi connectivity index (χ2n) is 6.35. The van der Waals surface area contributed by atoms with Crippen molar-refractivity contribution in [3.05, 3.63) is 83.1 Å². The topological polar surface area (TPSA) is 20.2 Å². The van der Waals surface area contributed by atoms with Gasteiger partial charge in [0.25, 0.3) is 0 Å². The van der Waals surface area contributed by atoms with Crippen LogP contribution in [0.3, 0.4) is 0 Å². The molecule has 0 heterocycles. The molecule has 1 aliphatic carbocycles. The Hall–Kier alpha value is -0.730. The molecule has 127 valence electrons. The number of hydrogen-bond acceptors (Lipinski definition) is 1.